The number of ether oxygens (including phenoxy) is 1. The van der Waals surface area contributed by atoms with E-state index in [1.165, 1.54) is 23.9 Å². The quantitative estimate of drug-likeness (QED) is 0.782. The lowest BCUT2D eigenvalue weighted by molar-refractivity contribution is 0.332. The Hall–Kier alpha value is -2.12. The number of hydrogen-bond acceptors (Lipinski definition) is 5. The molecule has 0 amide bonds. The fraction of sp³-hybridized carbons (Fsp3) is 0.353. The van der Waals surface area contributed by atoms with Gasteiger partial charge in [-0.3, -0.25) is 0 Å². The van der Waals surface area contributed by atoms with E-state index in [0.717, 1.165) is 5.75 Å². The van der Waals surface area contributed by atoms with Gasteiger partial charge < -0.3 is 10.1 Å². The number of hydrogen-bond donors (Lipinski definition) is 2. The normalized spacial score (nSPS) is 12.0. The summed E-state index contributed by atoms with van der Waals surface area (Å²) >= 11 is 0. The first-order valence-corrected chi connectivity index (χ1v) is 9.17. The molecule has 0 aliphatic heterocycles. The van der Waals surface area contributed by atoms with Crippen molar-refractivity contribution in [2.45, 2.75) is 31.1 Å². The van der Waals surface area contributed by atoms with Crippen molar-refractivity contribution in [1.29, 1.82) is 0 Å². The third-order valence-electron chi connectivity index (χ3n) is 3.46. The van der Waals surface area contributed by atoms with Crippen LogP contribution in [0.1, 0.15) is 26.3 Å². The molecule has 0 aliphatic carbocycles. The molecule has 7 heteroatoms. The van der Waals surface area contributed by atoms with Crippen LogP contribution < -0.4 is 15.2 Å². The molecule has 130 valence electrons. The number of anilines is 1. The maximum atomic E-state index is 11.5. The number of nitrogens with zero attached hydrogens (tertiary/aromatic N) is 1. The predicted octanol–water partition coefficient (Wildman–Crippen LogP) is 2.52. The molecule has 0 unspecified atom stereocenters. The molecule has 0 saturated carbocycles. The standard InChI is InChI=1S/C17H23N3O3S/c1-17(2,3)13-6-8-14(9-7-13)23-12-11-20-16-15(24(18,21)22)5-4-10-19-16/h4-10H,11-12H2,1-3H3,(H,19,20)(H2,18,21,22). The van der Waals surface area contributed by atoms with Crippen molar-refractivity contribution in [3.63, 3.8) is 0 Å². The van der Waals surface area contributed by atoms with Crippen LogP contribution in [0.2, 0.25) is 0 Å². The van der Waals surface area contributed by atoms with Crippen LogP contribution in [-0.2, 0) is 15.4 Å². The predicted molar refractivity (Wildman–Crippen MR) is 94.7 cm³/mol. The lowest BCUT2D eigenvalue weighted by Gasteiger charge is -2.19. The molecule has 1 heterocycles. The molecule has 24 heavy (non-hydrogen) atoms. The summed E-state index contributed by atoms with van der Waals surface area (Å²) in [5, 5.41) is 8.09. The van der Waals surface area contributed by atoms with Gasteiger partial charge in [0.1, 0.15) is 23.1 Å². The second-order valence-corrected chi connectivity index (χ2v) is 7.97. The van der Waals surface area contributed by atoms with E-state index in [-0.39, 0.29) is 16.1 Å². The molecule has 2 rings (SSSR count). The van der Waals surface area contributed by atoms with Crippen LogP contribution in [0.25, 0.3) is 0 Å². The van der Waals surface area contributed by atoms with E-state index in [1.54, 1.807) is 0 Å². The molecule has 0 radical (unpaired) electrons. The zero-order valence-electron chi connectivity index (χ0n) is 14.1. The third kappa shape index (κ3) is 4.94. The molecule has 2 aromatic rings. The minimum atomic E-state index is -3.81. The molecule has 0 spiro atoms. The summed E-state index contributed by atoms with van der Waals surface area (Å²) in [5.74, 6) is 0.990. The monoisotopic (exact) mass is 349 g/mol. The van der Waals surface area contributed by atoms with Gasteiger partial charge in [-0.15, -0.1) is 0 Å². The van der Waals surface area contributed by atoms with Crippen LogP contribution in [-0.4, -0.2) is 26.6 Å². The largest absolute Gasteiger partial charge is 0.492 e. The molecule has 6 nitrogen and oxygen atoms in total. The fourth-order valence-corrected chi connectivity index (χ4v) is 2.80. The van der Waals surface area contributed by atoms with E-state index < -0.39 is 10.0 Å². The van der Waals surface area contributed by atoms with Gasteiger partial charge in [0.2, 0.25) is 10.0 Å². The molecule has 0 atom stereocenters. The van der Waals surface area contributed by atoms with E-state index in [1.807, 2.05) is 24.3 Å². The highest BCUT2D eigenvalue weighted by Crippen LogP contribution is 2.24. The first-order chi connectivity index (χ1) is 11.2. The summed E-state index contributed by atoms with van der Waals surface area (Å²) in [7, 11) is -3.81. The summed E-state index contributed by atoms with van der Waals surface area (Å²) in [6, 6.07) is 10.9. The molecular weight excluding hydrogens is 326 g/mol. The molecule has 0 saturated heterocycles. The number of aromatic nitrogens is 1. The van der Waals surface area contributed by atoms with Gasteiger partial charge in [-0.25, -0.2) is 18.5 Å². The molecule has 3 N–H and O–H groups in total. The Morgan fingerprint density at radius 1 is 1.17 bits per heavy atom. The first kappa shape index (κ1) is 18.2. The van der Waals surface area contributed by atoms with Crippen molar-refractivity contribution in [2.24, 2.45) is 5.14 Å². The zero-order chi connectivity index (χ0) is 17.8. The molecule has 1 aromatic carbocycles. The fourth-order valence-electron chi connectivity index (χ4n) is 2.14. The Labute approximate surface area is 143 Å². The number of primary sulfonamides is 1. The summed E-state index contributed by atoms with van der Waals surface area (Å²) in [6.07, 6.45) is 1.50. The highest BCUT2D eigenvalue weighted by atomic mass is 32.2. The average Bonchev–Trinajstić information content (AvgIpc) is 2.50. The lowest BCUT2D eigenvalue weighted by atomic mass is 9.87. The van der Waals surface area contributed by atoms with Gasteiger partial charge in [-0.05, 0) is 35.2 Å². The van der Waals surface area contributed by atoms with Gasteiger partial charge in [-0.1, -0.05) is 32.9 Å². The highest BCUT2D eigenvalue weighted by molar-refractivity contribution is 7.89. The third-order valence-corrected chi connectivity index (χ3v) is 4.40. The summed E-state index contributed by atoms with van der Waals surface area (Å²) in [5.41, 5.74) is 1.34. The van der Waals surface area contributed by atoms with Crippen LogP contribution in [0.5, 0.6) is 5.75 Å². The Morgan fingerprint density at radius 3 is 2.42 bits per heavy atom. The van der Waals surface area contributed by atoms with E-state index in [0.29, 0.717) is 13.2 Å². The maximum Gasteiger partial charge on any atom is 0.241 e. The zero-order valence-corrected chi connectivity index (χ0v) is 14.9. The minimum Gasteiger partial charge on any atom is -0.492 e. The van der Waals surface area contributed by atoms with Crippen molar-refractivity contribution in [3.8, 4) is 5.75 Å². The maximum absolute atomic E-state index is 11.5. The van der Waals surface area contributed by atoms with E-state index >= 15 is 0 Å². The van der Waals surface area contributed by atoms with Crippen molar-refractivity contribution < 1.29 is 13.2 Å². The topological polar surface area (TPSA) is 94.3 Å². The molecule has 0 fully saturated rings. The molecule has 0 aliphatic rings. The lowest BCUT2D eigenvalue weighted by Crippen LogP contribution is -2.18. The van der Waals surface area contributed by atoms with Gasteiger partial charge in [-0.2, -0.15) is 0 Å². The van der Waals surface area contributed by atoms with E-state index in [9.17, 15) is 8.42 Å². The minimum absolute atomic E-state index is 0.0282. The number of sulfonamides is 1. The van der Waals surface area contributed by atoms with Gasteiger partial charge in [0, 0.05) is 6.20 Å². The van der Waals surface area contributed by atoms with Gasteiger partial charge >= 0.3 is 0 Å². The van der Waals surface area contributed by atoms with Crippen molar-refractivity contribution in [1.82, 2.24) is 4.98 Å². The van der Waals surface area contributed by atoms with Crippen LogP contribution in [0.15, 0.2) is 47.5 Å². The SMILES string of the molecule is CC(C)(C)c1ccc(OCCNc2ncccc2S(N)(=O)=O)cc1. The molecular formula is C17H23N3O3S. The van der Waals surface area contributed by atoms with Crippen molar-refractivity contribution >= 4 is 15.8 Å². The Bertz CT molecular complexity index is 781. The summed E-state index contributed by atoms with van der Waals surface area (Å²) < 4.78 is 28.6. The molecule has 1 aromatic heterocycles. The van der Waals surface area contributed by atoms with Crippen LogP contribution in [0.4, 0.5) is 5.82 Å². The summed E-state index contributed by atoms with van der Waals surface area (Å²) in [6.45, 7) is 7.24. The van der Waals surface area contributed by atoms with Crippen LogP contribution >= 0.6 is 0 Å². The average molecular weight is 349 g/mol. The Morgan fingerprint density at radius 2 is 1.83 bits per heavy atom. The second-order valence-electron chi connectivity index (χ2n) is 6.44. The highest BCUT2D eigenvalue weighted by Gasteiger charge is 2.14. The van der Waals surface area contributed by atoms with E-state index in [2.05, 4.69) is 31.1 Å². The Kier molecular flexibility index (Phi) is 5.46. The van der Waals surface area contributed by atoms with E-state index in [4.69, 9.17) is 9.88 Å². The number of nitrogens with one attached hydrogen (secondary N) is 1. The van der Waals surface area contributed by atoms with Crippen LogP contribution in [0, 0.1) is 0 Å². The van der Waals surface area contributed by atoms with Crippen molar-refractivity contribution in [2.75, 3.05) is 18.5 Å². The number of rotatable bonds is 6. The summed E-state index contributed by atoms with van der Waals surface area (Å²) in [4.78, 5) is 3.97. The number of nitrogens with two attached hydrogens (primary N) is 1. The number of pyridine rings is 1. The molecule has 0 bridgehead atoms. The second kappa shape index (κ2) is 7.19. The van der Waals surface area contributed by atoms with Crippen molar-refractivity contribution in [3.05, 3.63) is 48.2 Å². The van der Waals surface area contributed by atoms with Gasteiger partial charge in [0.25, 0.3) is 0 Å². The smallest absolute Gasteiger partial charge is 0.241 e. The van der Waals surface area contributed by atoms with Gasteiger partial charge in [0.05, 0.1) is 6.54 Å². The first-order valence-electron chi connectivity index (χ1n) is 7.63. The Balaban J connectivity index is 1.90. The number of benzene rings is 1. The van der Waals surface area contributed by atoms with Crippen LogP contribution in [0.3, 0.4) is 0 Å². The van der Waals surface area contributed by atoms with Gasteiger partial charge in [0.15, 0.2) is 0 Å².